The predicted octanol–water partition coefficient (Wildman–Crippen LogP) is 3.00. The van der Waals surface area contributed by atoms with Crippen LogP contribution in [0, 0.1) is 11.9 Å². The molecule has 0 aliphatic rings. The summed E-state index contributed by atoms with van der Waals surface area (Å²) in [6.45, 7) is 6.55. The predicted molar refractivity (Wildman–Crippen MR) is 88.8 cm³/mol. The number of nitrogens with zero attached hydrogens (tertiary/aromatic N) is 2. The van der Waals surface area contributed by atoms with E-state index in [1.807, 2.05) is 12.1 Å². The van der Waals surface area contributed by atoms with Gasteiger partial charge in [-0.25, -0.2) is 10.5 Å². The lowest BCUT2D eigenvalue weighted by Gasteiger charge is -2.24. The molecule has 0 bridgehead atoms. The molecule has 0 spiro atoms. The summed E-state index contributed by atoms with van der Waals surface area (Å²) in [7, 11) is 0. The monoisotopic (exact) mass is 331 g/mol. The standard InChI is InChI=1S/C18H22FN3O2/c1-13(2)10-22(12-15-5-8-17(19)20-9-15)11-14-3-6-16(7-4-14)18(23)21-24/h3-9,13,24H,10-12H2,1-2H3,(H,21,23). The summed E-state index contributed by atoms with van der Waals surface area (Å²) in [4.78, 5) is 17.3. The molecule has 1 heterocycles. The summed E-state index contributed by atoms with van der Waals surface area (Å²) < 4.78 is 12.9. The molecule has 2 aromatic rings. The summed E-state index contributed by atoms with van der Waals surface area (Å²) in [5, 5.41) is 8.65. The molecule has 0 aliphatic carbocycles. The second kappa shape index (κ2) is 8.52. The molecule has 2 rings (SSSR count). The SMILES string of the molecule is CC(C)CN(Cc1ccc(C(=O)NO)cc1)Cc1ccc(F)nc1. The Morgan fingerprint density at radius 2 is 1.79 bits per heavy atom. The summed E-state index contributed by atoms with van der Waals surface area (Å²) in [5.74, 6) is -0.525. The first-order chi connectivity index (χ1) is 11.5. The Labute approximate surface area is 141 Å². The lowest BCUT2D eigenvalue weighted by Crippen LogP contribution is -2.27. The van der Waals surface area contributed by atoms with E-state index in [2.05, 4.69) is 23.7 Å². The van der Waals surface area contributed by atoms with Gasteiger partial charge in [-0.05, 0) is 35.2 Å². The molecule has 5 nitrogen and oxygen atoms in total. The Morgan fingerprint density at radius 3 is 2.33 bits per heavy atom. The van der Waals surface area contributed by atoms with Crippen molar-refractivity contribution in [1.29, 1.82) is 0 Å². The van der Waals surface area contributed by atoms with Gasteiger partial charge >= 0.3 is 0 Å². The van der Waals surface area contributed by atoms with Gasteiger partial charge in [0, 0.05) is 31.4 Å². The van der Waals surface area contributed by atoms with E-state index in [0.717, 1.165) is 17.7 Å². The Balaban J connectivity index is 2.07. The van der Waals surface area contributed by atoms with Gasteiger partial charge in [0.2, 0.25) is 5.95 Å². The lowest BCUT2D eigenvalue weighted by atomic mass is 10.1. The number of hydrogen-bond acceptors (Lipinski definition) is 4. The Kier molecular flexibility index (Phi) is 6.40. The molecule has 0 unspecified atom stereocenters. The molecule has 1 amide bonds. The average Bonchev–Trinajstić information content (AvgIpc) is 2.56. The van der Waals surface area contributed by atoms with Crippen LogP contribution < -0.4 is 5.48 Å². The van der Waals surface area contributed by atoms with E-state index < -0.39 is 11.9 Å². The number of benzene rings is 1. The number of hydroxylamine groups is 1. The number of hydrogen-bond donors (Lipinski definition) is 2. The molecule has 0 aliphatic heterocycles. The second-order valence-electron chi connectivity index (χ2n) is 6.19. The zero-order chi connectivity index (χ0) is 17.5. The third-order valence-electron chi connectivity index (χ3n) is 3.54. The number of nitrogens with one attached hydrogen (secondary N) is 1. The highest BCUT2D eigenvalue weighted by Crippen LogP contribution is 2.13. The third kappa shape index (κ3) is 5.40. The molecule has 6 heteroatoms. The van der Waals surface area contributed by atoms with E-state index in [1.165, 1.54) is 6.07 Å². The molecule has 0 atom stereocenters. The molecule has 2 N–H and O–H groups in total. The van der Waals surface area contributed by atoms with Crippen molar-refractivity contribution in [2.75, 3.05) is 6.54 Å². The van der Waals surface area contributed by atoms with Crippen molar-refractivity contribution in [1.82, 2.24) is 15.4 Å². The number of rotatable bonds is 7. The number of carbonyl (C=O) groups excluding carboxylic acids is 1. The van der Waals surface area contributed by atoms with Gasteiger partial charge in [-0.2, -0.15) is 4.39 Å². The highest BCUT2D eigenvalue weighted by molar-refractivity contribution is 5.93. The van der Waals surface area contributed by atoms with E-state index in [0.29, 0.717) is 24.6 Å². The van der Waals surface area contributed by atoms with Gasteiger partial charge in [0.1, 0.15) is 0 Å². The van der Waals surface area contributed by atoms with Gasteiger partial charge in [0.25, 0.3) is 5.91 Å². The van der Waals surface area contributed by atoms with Crippen LogP contribution in [0.4, 0.5) is 4.39 Å². The van der Waals surface area contributed by atoms with Gasteiger partial charge in [-0.15, -0.1) is 0 Å². The third-order valence-corrected chi connectivity index (χ3v) is 3.54. The fourth-order valence-electron chi connectivity index (χ4n) is 2.54. The maximum Gasteiger partial charge on any atom is 0.274 e. The Bertz CT molecular complexity index is 657. The van der Waals surface area contributed by atoms with Crippen molar-refractivity contribution >= 4 is 5.91 Å². The highest BCUT2D eigenvalue weighted by Gasteiger charge is 2.11. The van der Waals surface area contributed by atoms with Crippen LogP contribution in [0.25, 0.3) is 0 Å². The maximum absolute atomic E-state index is 12.9. The van der Waals surface area contributed by atoms with Crippen LogP contribution in [0.3, 0.4) is 0 Å². The average molecular weight is 331 g/mol. The van der Waals surface area contributed by atoms with Crippen LogP contribution >= 0.6 is 0 Å². The topological polar surface area (TPSA) is 65.5 Å². The summed E-state index contributed by atoms with van der Waals surface area (Å²) in [6.07, 6.45) is 1.55. The van der Waals surface area contributed by atoms with Crippen molar-refractivity contribution in [2.45, 2.75) is 26.9 Å². The smallest absolute Gasteiger partial charge is 0.274 e. The number of carbonyl (C=O) groups is 1. The highest BCUT2D eigenvalue weighted by atomic mass is 19.1. The van der Waals surface area contributed by atoms with Crippen LogP contribution in [0.5, 0.6) is 0 Å². The molecule has 1 aromatic heterocycles. The summed E-state index contributed by atoms with van der Waals surface area (Å²) in [5.41, 5.74) is 4.03. The maximum atomic E-state index is 12.9. The number of aromatic nitrogens is 1. The van der Waals surface area contributed by atoms with Gasteiger partial charge < -0.3 is 0 Å². The molecule has 24 heavy (non-hydrogen) atoms. The van der Waals surface area contributed by atoms with Gasteiger partial charge in [-0.1, -0.05) is 32.0 Å². The van der Waals surface area contributed by atoms with Gasteiger partial charge in [0.05, 0.1) is 0 Å². The molecular weight excluding hydrogens is 309 g/mol. The quantitative estimate of drug-likeness (QED) is 0.465. The first-order valence-corrected chi connectivity index (χ1v) is 7.84. The number of amides is 1. The number of halogens is 1. The first kappa shape index (κ1) is 18.0. The van der Waals surface area contributed by atoms with Crippen molar-refractivity contribution in [3.05, 3.63) is 65.2 Å². The van der Waals surface area contributed by atoms with Gasteiger partial charge in [0.15, 0.2) is 0 Å². The molecule has 1 aromatic carbocycles. The molecule has 0 saturated carbocycles. The summed E-state index contributed by atoms with van der Waals surface area (Å²) >= 11 is 0. The number of pyridine rings is 1. The van der Waals surface area contributed by atoms with E-state index >= 15 is 0 Å². The van der Waals surface area contributed by atoms with Crippen molar-refractivity contribution in [3.63, 3.8) is 0 Å². The van der Waals surface area contributed by atoms with Crippen LogP contribution in [0.2, 0.25) is 0 Å². The van der Waals surface area contributed by atoms with Crippen molar-refractivity contribution < 1.29 is 14.4 Å². The molecular formula is C18H22FN3O2. The van der Waals surface area contributed by atoms with E-state index in [-0.39, 0.29) is 0 Å². The van der Waals surface area contributed by atoms with Crippen molar-refractivity contribution in [2.24, 2.45) is 5.92 Å². The van der Waals surface area contributed by atoms with E-state index in [4.69, 9.17) is 5.21 Å². The van der Waals surface area contributed by atoms with Crippen LogP contribution in [0.1, 0.15) is 35.3 Å². The first-order valence-electron chi connectivity index (χ1n) is 7.84. The fourth-order valence-corrected chi connectivity index (χ4v) is 2.54. The molecule has 0 saturated heterocycles. The lowest BCUT2D eigenvalue weighted by molar-refractivity contribution is 0.0706. The Morgan fingerprint density at radius 1 is 1.17 bits per heavy atom. The van der Waals surface area contributed by atoms with Gasteiger partial charge in [-0.3, -0.25) is 14.9 Å². The normalized spacial score (nSPS) is 11.1. The van der Waals surface area contributed by atoms with Crippen LogP contribution in [0.15, 0.2) is 42.6 Å². The molecule has 0 fully saturated rings. The minimum absolute atomic E-state index is 0.402. The van der Waals surface area contributed by atoms with Crippen LogP contribution in [-0.4, -0.2) is 27.5 Å². The van der Waals surface area contributed by atoms with E-state index in [9.17, 15) is 9.18 Å². The largest absolute Gasteiger partial charge is 0.295 e. The fraction of sp³-hybridized carbons (Fsp3) is 0.333. The minimum atomic E-state index is -0.530. The minimum Gasteiger partial charge on any atom is -0.295 e. The summed E-state index contributed by atoms with van der Waals surface area (Å²) in [6, 6.07) is 10.2. The van der Waals surface area contributed by atoms with Crippen molar-refractivity contribution in [3.8, 4) is 0 Å². The zero-order valence-corrected chi connectivity index (χ0v) is 13.9. The second-order valence-corrected chi connectivity index (χ2v) is 6.19. The van der Waals surface area contributed by atoms with E-state index in [1.54, 1.807) is 29.9 Å². The zero-order valence-electron chi connectivity index (χ0n) is 13.9. The van der Waals surface area contributed by atoms with Crippen LogP contribution in [-0.2, 0) is 13.1 Å². The Hall–Kier alpha value is -2.31. The molecule has 0 radical (unpaired) electrons. The molecule has 128 valence electrons.